The molecule has 0 fully saturated rings. The average molecular weight is 471 g/mol. The summed E-state index contributed by atoms with van der Waals surface area (Å²) in [5, 5.41) is 2.65. The maximum absolute atomic E-state index is 12.7. The maximum atomic E-state index is 12.7. The fraction of sp³-hybridized carbons (Fsp3) is 0.300. The van der Waals surface area contributed by atoms with Gasteiger partial charge in [-0.2, -0.15) is 4.31 Å². The number of sulfonamides is 1. The van der Waals surface area contributed by atoms with Crippen LogP contribution in [-0.2, 0) is 19.6 Å². The van der Waals surface area contributed by atoms with Crippen LogP contribution < -0.4 is 5.32 Å². The van der Waals surface area contributed by atoms with E-state index in [1.165, 1.54) is 16.4 Å². The van der Waals surface area contributed by atoms with Gasteiger partial charge in [0, 0.05) is 23.7 Å². The highest BCUT2D eigenvalue weighted by molar-refractivity contribution is 7.98. The molecule has 0 unspecified atom stereocenters. The van der Waals surface area contributed by atoms with Crippen molar-refractivity contribution in [2.75, 3.05) is 31.3 Å². The summed E-state index contributed by atoms with van der Waals surface area (Å²) in [6.07, 6.45) is 1.94. The average Bonchev–Trinajstić information content (AvgIpc) is 2.73. The lowest BCUT2D eigenvalue weighted by Gasteiger charge is -2.19. The highest BCUT2D eigenvalue weighted by Gasteiger charge is 2.24. The molecule has 1 N–H and O–H groups in total. The number of rotatable bonds is 9. The Balaban J connectivity index is 2.08. The van der Waals surface area contributed by atoms with Gasteiger partial charge in [0.1, 0.15) is 0 Å². The molecule has 2 aromatic carbocycles. The Labute approximate surface area is 185 Å². The summed E-state index contributed by atoms with van der Waals surface area (Å²) in [4.78, 5) is 25.4. The van der Waals surface area contributed by atoms with Gasteiger partial charge < -0.3 is 10.1 Å². The number of nitrogens with one attached hydrogen (secondary N) is 1. The Morgan fingerprint density at radius 1 is 1.10 bits per heavy atom. The van der Waals surface area contributed by atoms with E-state index in [1.54, 1.807) is 37.7 Å². The molecule has 0 bridgehead atoms. The number of thioether (sulfide) groups is 1. The first-order valence-electron chi connectivity index (χ1n) is 9.13. The van der Waals surface area contributed by atoms with Crippen LogP contribution in [-0.4, -0.2) is 50.6 Å². The Bertz CT molecular complexity index is 1010. The standard InChI is InChI=1S/C20H23ClN2O5S2/c1-4-23(5-2)30(26,27)16-10-11-18(21)17(12-16)20(25)28-13-19(24)22-14-6-8-15(29-3)9-7-14/h6-12H,4-5,13H2,1-3H3,(H,22,24). The van der Waals surface area contributed by atoms with E-state index in [0.29, 0.717) is 18.8 Å². The van der Waals surface area contributed by atoms with Gasteiger partial charge in [-0.25, -0.2) is 13.2 Å². The van der Waals surface area contributed by atoms with Crippen molar-refractivity contribution in [3.05, 3.63) is 53.1 Å². The number of nitrogens with zero attached hydrogens (tertiary/aromatic N) is 1. The van der Waals surface area contributed by atoms with Crippen molar-refractivity contribution < 1.29 is 22.7 Å². The summed E-state index contributed by atoms with van der Waals surface area (Å²) in [6.45, 7) is 3.49. The third-order valence-electron chi connectivity index (χ3n) is 4.21. The zero-order valence-corrected chi connectivity index (χ0v) is 19.2. The van der Waals surface area contributed by atoms with E-state index >= 15 is 0 Å². The van der Waals surface area contributed by atoms with Crippen molar-refractivity contribution >= 4 is 50.9 Å². The lowest BCUT2D eigenvalue weighted by Crippen LogP contribution is -2.30. The molecule has 2 aromatic rings. The molecule has 0 aliphatic heterocycles. The molecule has 10 heteroatoms. The van der Waals surface area contributed by atoms with Crippen LogP contribution in [0, 0.1) is 0 Å². The first-order chi connectivity index (χ1) is 14.2. The van der Waals surface area contributed by atoms with Crippen molar-refractivity contribution in [3.8, 4) is 0 Å². The number of ether oxygens (including phenoxy) is 1. The van der Waals surface area contributed by atoms with E-state index in [4.69, 9.17) is 16.3 Å². The van der Waals surface area contributed by atoms with Crippen molar-refractivity contribution in [2.24, 2.45) is 0 Å². The van der Waals surface area contributed by atoms with E-state index in [2.05, 4.69) is 5.32 Å². The number of halogens is 1. The van der Waals surface area contributed by atoms with Crippen LogP contribution in [0.1, 0.15) is 24.2 Å². The third kappa shape index (κ3) is 5.98. The lowest BCUT2D eigenvalue weighted by atomic mass is 10.2. The summed E-state index contributed by atoms with van der Waals surface area (Å²) >= 11 is 7.63. The Hall–Kier alpha value is -2.07. The van der Waals surface area contributed by atoms with Gasteiger partial charge in [-0.15, -0.1) is 11.8 Å². The zero-order chi connectivity index (χ0) is 22.3. The number of esters is 1. The first-order valence-corrected chi connectivity index (χ1v) is 12.2. The molecule has 0 aromatic heterocycles. The number of benzene rings is 2. The largest absolute Gasteiger partial charge is 0.452 e. The molecule has 0 radical (unpaired) electrons. The van der Waals surface area contributed by atoms with Gasteiger partial charge in [-0.05, 0) is 48.7 Å². The summed E-state index contributed by atoms with van der Waals surface area (Å²) < 4.78 is 31.6. The molecule has 0 aliphatic carbocycles. The minimum atomic E-state index is -3.77. The fourth-order valence-electron chi connectivity index (χ4n) is 2.61. The topological polar surface area (TPSA) is 92.8 Å². The number of carbonyl (C=O) groups is 2. The van der Waals surface area contributed by atoms with Crippen molar-refractivity contribution in [1.82, 2.24) is 4.31 Å². The fourth-order valence-corrected chi connectivity index (χ4v) is 4.70. The maximum Gasteiger partial charge on any atom is 0.340 e. The molecule has 1 amide bonds. The van der Waals surface area contributed by atoms with Crippen LogP contribution in [0.3, 0.4) is 0 Å². The highest BCUT2D eigenvalue weighted by Crippen LogP contribution is 2.24. The minimum Gasteiger partial charge on any atom is -0.452 e. The molecule has 0 atom stereocenters. The summed E-state index contributed by atoms with van der Waals surface area (Å²) in [5.41, 5.74) is 0.446. The minimum absolute atomic E-state index is 0.0339. The second-order valence-electron chi connectivity index (χ2n) is 6.08. The van der Waals surface area contributed by atoms with Gasteiger partial charge in [-0.3, -0.25) is 4.79 Å². The number of hydrogen-bond acceptors (Lipinski definition) is 6. The number of hydrogen-bond donors (Lipinski definition) is 1. The van der Waals surface area contributed by atoms with Crippen molar-refractivity contribution in [2.45, 2.75) is 23.6 Å². The molecular formula is C20H23ClN2O5S2. The van der Waals surface area contributed by atoms with Crippen LogP contribution in [0.25, 0.3) is 0 Å². The molecule has 30 heavy (non-hydrogen) atoms. The molecule has 0 saturated heterocycles. The molecule has 0 spiro atoms. The molecule has 0 saturated carbocycles. The van der Waals surface area contributed by atoms with E-state index in [1.807, 2.05) is 18.4 Å². The van der Waals surface area contributed by atoms with E-state index in [9.17, 15) is 18.0 Å². The molecular weight excluding hydrogens is 448 g/mol. The third-order valence-corrected chi connectivity index (χ3v) is 7.33. The zero-order valence-electron chi connectivity index (χ0n) is 16.8. The molecule has 7 nitrogen and oxygen atoms in total. The lowest BCUT2D eigenvalue weighted by molar-refractivity contribution is -0.119. The van der Waals surface area contributed by atoms with E-state index < -0.39 is 28.5 Å². The second kappa shape index (κ2) is 10.8. The SMILES string of the molecule is CCN(CC)S(=O)(=O)c1ccc(Cl)c(C(=O)OCC(=O)Nc2ccc(SC)cc2)c1. The molecule has 162 valence electrons. The predicted octanol–water partition coefficient (Wildman–Crippen LogP) is 3.89. The summed E-state index contributed by atoms with van der Waals surface area (Å²) in [6, 6.07) is 11.0. The second-order valence-corrected chi connectivity index (χ2v) is 9.31. The monoisotopic (exact) mass is 470 g/mol. The van der Waals surface area contributed by atoms with Crippen LogP contribution in [0.2, 0.25) is 5.02 Å². The number of anilines is 1. The van der Waals surface area contributed by atoms with Gasteiger partial charge in [0.25, 0.3) is 5.91 Å². The summed E-state index contributed by atoms with van der Waals surface area (Å²) in [7, 11) is -3.77. The van der Waals surface area contributed by atoms with Gasteiger partial charge in [0.05, 0.1) is 15.5 Å². The van der Waals surface area contributed by atoms with Crippen molar-refractivity contribution in [3.63, 3.8) is 0 Å². The van der Waals surface area contributed by atoms with Crippen LogP contribution in [0.15, 0.2) is 52.3 Å². The highest BCUT2D eigenvalue weighted by atomic mass is 35.5. The van der Waals surface area contributed by atoms with E-state index in [-0.39, 0.29) is 15.5 Å². The first kappa shape index (κ1) is 24.2. The number of carbonyl (C=O) groups excluding carboxylic acids is 2. The van der Waals surface area contributed by atoms with Crippen LogP contribution in [0.5, 0.6) is 0 Å². The molecule has 0 aliphatic rings. The Morgan fingerprint density at radius 3 is 2.30 bits per heavy atom. The molecule has 2 rings (SSSR count). The predicted molar refractivity (Wildman–Crippen MR) is 119 cm³/mol. The van der Waals surface area contributed by atoms with Crippen LogP contribution in [0.4, 0.5) is 5.69 Å². The van der Waals surface area contributed by atoms with Crippen LogP contribution >= 0.6 is 23.4 Å². The molecule has 0 heterocycles. The van der Waals surface area contributed by atoms with Gasteiger partial charge in [0.15, 0.2) is 6.61 Å². The Kier molecular flexibility index (Phi) is 8.72. The van der Waals surface area contributed by atoms with Gasteiger partial charge in [-0.1, -0.05) is 25.4 Å². The quantitative estimate of drug-likeness (QED) is 0.441. The van der Waals surface area contributed by atoms with Gasteiger partial charge >= 0.3 is 5.97 Å². The number of amides is 1. The Morgan fingerprint density at radius 2 is 1.73 bits per heavy atom. The smallest absolute Gasteiger partial charge is 0.340 e. The van der Waals surface area contributed by atoms with Crippen molar-refractivity contribution in [1.29, 1.82) is 0 Å². The van der Waals surface area contributed by atoms with Gasteiger partial charge in [0.2, 0.25) is 10.0 Å². The van der Waals surface area contributed by atoms with E-state index in [0.717, 1.165) is 11.0 Å². The summed E-state index contributed by atoms with van der Waals surface area (Å²) in [5.74, 6) is -1.41. The normalized spacial score (nSPS) is 11.4.